The summed E-state index contributed by atoms with van der Waals surface area (Å²) >= 11 is 1.60. The predicted octanol–water partition coefficient (Wildman–Crippen LogP) is 3.29. The normalized spacial score (nSPS) is 11.0. The maximum Gasteiger partial charge on any atom is 0.226 e. The number of aromatic nitrogens is 3. The summed E-state index contributed by atoms with van der Waals surface area (Å²) in [5, 5.41) is 9.46. The summed E-state index contributed by atoms with van der Waals surface area (Å²) in [6.07, 6.45) is 2.61. The van der Waals surface area contributed by atoms with Gasteiger partial charge < -0.3 is 15.1 Å². The van der Waals surface area contributed by atoms with Crippen LogP contribution in [0.5, 0.6) is 0 Å². The number of hydrogen-bond acceptors (Lipinski definition) is 7. The Labute approximate surface area is 126 Å². The van der Waals surface area contributed by atoms with Gasteiger partial charge in [-0.1, -0.05) is 6.92 Å². The molecule has 2 N–H and O–H groups in total. The van der Waals surface area contributed by atoms with E-state index in [1.54, 1.807) is 17.5 Å². The zero-order valence-corrected chi connectivity index (χ0v) is 12.8. The molecule has 3 aromatic heterocycles. The molecule has 0 aliphatic heterocycles. The summed E-state index contributed by atoms with van der Waals surface area (Å²) in [4.78, 5) is 14.2. The van der Waals surface area contributed by atoms with Crippen molar-refractivity contribution in [1.82, 2.24) is 15.0 Å². The van der Waals surface area contributed by atoms with E-state index in [-0.39, 0.29) is 0 Å². The summed E-state index contributed by atoms with van der Waals surface area (Å²) in [6, 6.07) is 2.02. The summed E-state index contributed by atoms with van der Waals surface area (Å²) < 4.78 is 5.60. The molecule has 21 heavy (non-hydrogen) atoms. The molecule has 0 unspecified atom stereocenters. The molecule has 6 nitrogen and oxygen atoms in total. The van der Waals surface area contributed by atoms with Crippen LogP contribution < -0.4 is 10.6 Å². The fourth-order valence-corrected chi connectivity index (χ4v) is 2.74. The lowest BCUT2D eigenvalue weighted by atomic mass is 10.4. The fourth-order valence-electron chi connectivity index (χ4n) is 1.98. The van der Waals surface area contributed by atoms with Gasteiger partial charge in [-0.05, 0) is 18.4 Å². The van der Waals surface area contributed by atoms with E-state index in [0.29, 0.717) is 18.4 Å². The number of rotatable bonds is 6. The van der Waals surface area contributed by atoms with Gasteiger partial charge in [-0.25, -0.2) is 9.97 Å². The second kappa shape index (κ2) is 6.09. The first kappa shape index (κ1) is 13.8. The third-order valence-corrected chi connectivity index (χ3v) is 3.82. The second-order valence-electron chi connectivity index (χ2n) is 4.49. The third kappa shape index (κ3) is 2.97. The minimum absolute atomic E-state index is 0.507. The minimum atomic E-state index is 0.507. The quantitative estimate of drug-likeness (QED) is 0.728. The Balaban J connectivity index is 1.83. The second-order valence-corrected chi connectivity index (χ2v) is 5.39. The third-order valence-electron chi connectivity index (χ3n) is 3.02. The van der Waals surface area contributed by atoms with E-state index < -0.39 is 0 Å². The Hall–Kier alpha value is -2.15. The van der Waals surface area contributed by atoms with Crippen LogP contribution in [0, 0.1) is 0 Å². The molecule has 0 aliphatic carbocycles. The van der Waals surface area contributed by atoms with Crippen LogP contribution in [-0.4, -0.2) is 21.5 Å². The van der Waals surface area contributed by atoms with Crippen LogP contribution in [0.15, 0.2) is 22.1 Å². The van der Waals surface area contributed by atoms with E-state index in [4.69, 9.17) is 4.42 Å². The van der Waals surface area contributed by atoms with Crippen LogP contribution in [0.25, 0.3) is 10.2 Å². The van der Waals surface area contributed by atoms with Gasteiger partial charge in [-0.2, -0.15) is 4.98 Å². The zero-order valence-electron chi connectivity index (χ0n) is 12.0. The van der Waals surface area contributed by atoms with Crippen molar-refractivity contribution in [1.29, 1.82) is 0 Å². The summed E-state index contributed by atoms with van der Waals surface area (Å²) in [5.74, 6) is 2.99. The molecule has 0 aliphatic rings. The number of anilines is 2. The van der Waals surface area contributed by atoms with Gasteiger partial charge in [0.15, 0.2) is 0 Å². The molecule has 0 spiro atoms. The van der Waals surface area contributed by atoms with Crippen molar-refractivity contribution in [3.8, 4) is 0 Å². The highest BCUT2D eigenvalue weighted by Gasteiger charge is 2.10. The average molecular weight is 303 g/mol. The van der Waals surface area contributed by atoms with Crippen molar-refractivity contribution in [3.63, 3.8) is 0 Å². The molecular weight excluding hydrogens is 286 g/mol. The van der Waals surface area contributed by atoms with Gasteiger partial charge in [-0.15, -0.1) is 11.3 Å². The molecule has 3 aromatic rings. The highest BCUT2D eigenvalue weighted by Crippen LogP contribution is 2.26. The Kier molecular flexibility index (Phi) is 4.01. The van der Waals surface area contributed by atoms with Crippen LogP contribution >= 0.6 is 11.3 Å². The number of hydrogen-bond donors (Lipinski definition) is 2. The molecule has 7 heteroatoms. The van der Waals surface area contributed by atoms with Gasteiger partial charge in [0.1, 0.15) is 16.4 Å². The van der Waals surface area contributed by atoms with Gasteiger partial charge >= 0.3 is 0 Å². The molecule has 0 atom stereocenters. The first-order valence-corrected chi connectivity index (χ1v) is 7.84. The van der Waals surface area contributed by atoms with Crippen molar-refractivity contribution in [2.24, 2.45) is 0 Å². The van der Waals surface area contributed by atoms with Crippen molar-refractivity contribution in [2.45, 2.75) is 26.8 Å². The molecule has 0 fully saturated rings. The molecule has 0 amide bonds. The number of oxazole rings is 1. The molecular formula is C14H17N5OS. The Bertz CT molecular complexity index is 736. The molecule has 3 rings (SSSR count). The lowest BCUT2D eigenvalue weighted by Crippen LogP contribution is -2.07. The number of thiophene rings is 1. The van der Waals surface area contributed by atoms with E-state index >= 15 is 0 Å². The predicted molar refractivity (Wildman–Crippen MR) is 84.8 cm³/mol. The van der Waals surface area contributed by atoms with Gasteiger partial charge in [0.2, 0.25) is 11.8 Å². The first-order chi connectivity index (χ1) is 10.3. The van der Waals surface area contributed by atoms with Crippen molar-refractivity contribution >= 4 is 33.3 Å². The lowest BCUT2D eigenvalue weighted by Gasteiger charge is -2.07. The van der Waals surface area contributed by atoms with Crippen molar-refractivity contribution < 1.29 is 4.42 Å². The SMILES string of the molecule is CCNc1nc(NCc2ncc(CC)o2)c2ccsc2n1. The Morgan fingerprint density at radius 2 is 2.14 bits per heavy atom. The van der Waals surface area contributed by atoms with Gasteiger partial charge in [0.25, 0.3) is 0 Å². The summed E-state index contributed by atoms with van der Waals surface area (Å²) in [7, 11) is 0. The van der Waals surface area contributed by atoms with E-state index in [2.05, 4.69) is 25.6 Å². The number of aryl methyl sites for hydroxylation is 1. The fraction of sp³-hybridized carbons (Fsp3) is 0.357. The maximum absolute atomic E-state index is 5.60. The highest BCUT2D eigenvalue weighted by molar-refractivity contribution is 7.16. The monoisotopic (exact) mass is 303 g/mol. The van der Waals surface area contributed by atoms with Crippen LogP contribution in [0.2, 0.25) is 0 Å². The molecule has 0 aromatic carbocycles. The standard InChI is InChI=1S/C14H17N5OS/c1-3-9-7-16-11(20-9)8-17-12-10-5-6-21-13(10)19-14(18-12)15-4-2/h5-7H,3-4,8H2,1-2H3,(H2,15,17,18,19). The van der Waals surface area contributed by atoms with Crippen LogP contribution in [0.4, 0.5) is 11.8 Å². The van der Waals surface area contributed by atoms with E-state index in [1.807, 2.05) is 25.3 Å². The number of nitrogens with zero attached hydrogens (tertiary/aromatic N) is 3. The van der Waals surface area contributed by atoms with Crippen molar-refractivity contribution in [2.75, 3.05) is 17.2 Å². The van der Waals surface area contributed by atoms with Crippen molar-refractivity contribution in [3.05, 3.63) is 29.3 Å². The molecule has 110 valence electrons. The topological polar surface area (TPSA) is 75.9 Å². The smallest absolute Gasteiger partial charge is 0.226 e. The average Bonchev–Trinajstić information content (AvgIpc) is 3.13. The summed E-state index contributed by atoms with van der Waals surface area (Å²) in [5.41, 5.74) is 0. The van der Waals surface area contributed by atoms with Crippen LogP contribution in [-0.2, 0) is 13.0 Å². The van der Waals surface area contributed by atoms with Crippen LogP contribution in [0.3, 0.4) is 0 Å². The molecule has 3 heterocycles. The van der Waals surface area contributed by atoms with Gasteiger partial charge in [-0.3, -0.25) is 0 Å². The first-order valence-electron chi connectivity index (χ1n) is 6.96. The lowest BCUT2D eigenvalue weighted by molar-refractivity contribution is 0.465. The molecule has 0 bridgehead atoms. The molecule has 0 saturated carbocycles. The molecule has 0 radical (unpaired) electrons. The number of nitrogens with one attached hydrogen (secondary N) is 2. The minimum Gasteiger partial charge on any atom is -0.444 e. The zero-order chi connectivity index (χ0) is 14.7. The van der Waals surface area contributed by atoms with Gasteiger partial charge in [0, 0.05) is 13.0 Å². The van der Waals surface area contributed by atoms with E-state index in [1.165, 1.54) is 0 Å². The Morgan fingerprint density at radius 1 is 1.24 bits per heavy atom. The van der Waals surface area contributed by atoms with Gasteiger partial charge in [0.05, 0.1) is 18.1 Å². The highest BCUT2D eigenvalue weighted by atomic mass is 32.1. The van der Waals surface area contributed by atoms with Crippen LogP contribution in [0.1, 0.15) is 25.5 Å². The Morgan fingerprint density at radius 3 is 2.90 bits per heavy atom. The van der Waals surface area contributed by atoms with E-state index in [0.717, 1.165) is 34.8 Å². The maximum atomic E-state index is 5.60. The largest absolute Gasteiger partial charge is 0.444 e. The molecule has 0 saturated heterocycles. The van der Waals surface area contributed by atoms with E-state index in [9.17, 15) is 0 Å². The number of fused-ring (bicyclic) bond motifs is 1. The summed E-state index contributed by atoms with van der Waals surface area (Å²) in [6.45, 7) is 5.36.